The predicted molar refractivity (Wildman–Crippen MR) is 94.7 cm³/mol. The van der Waals surface area contributed by atoms with Crippen molar-refractivity contribution in [2.45, 2.75) is 25.7 Å². The fraction of sp³-hybridized carbons (Fsp3) is 0.250. The van der Waals surface area contributed by atoms with Gasteiger partial charge in [0.15, 0.2) is 5.69 Å². The molecule has 0 radical (unpaired) electrons. The van der Waals surface area contributed by atoms with E-state index in [1.807, 2.05) is 0 Å². The lowest BCUT2D eigenvalue weighted by molar-refractivity contribution is -0.142. The van der Waals surface area contributed by atoms with Gasteiger partial charge < -0.3 is 10.1 Å². The second-order valence-electron chi connectivity index (χ2n) is 6.56. The Morgan fingerprint density at radius 1 is 1.07 bits per heavy atom. The molecule has 0 saturated heterocycles. The van der Waals surface area contributed by atoms with Crippen LogP contribution in [0.2, 0.25) is 0 Å². The van der Waals surface area contributed by atoms with Crippen LogP contribution in [0.15, 0.2) is 48.5 Å². The molecule has 0 amide bonds. The largest absolute Gasteiger partial charge is 0.457 e. The van der Waals surface area contributed by atoms with Crippen LogP contribution >= 0.6 is 0 Å². The molecule has 3 aromatic rings. The maximum atomic E-state index is 13.3. The number of halogens is 4. The molecule has 1 N–H and O–H groups in total. The van der Waals surface area contributed by atoms with E-state index < -0.39 is 11.9 Å². The van der Waals surface area contributed by atoms with Crippen molar-refractivity contribution in [2.24, 2.45) is 0 Å². The highest BCUT2D eigenvalue weighted by Crippen LogP contribution is 2.34. The molecule has 0 fully saturated rings. The number of nitrogens with zero attached hydrogens (tertiary/aromatic N) is 2. The number of hydrogen-bond donors (Lipinski definition) is 1. The third-order valence-corrected chi connectivity index (χ3v) is 4.56. The minimum absolute atomic E-state index is 0.195. The van der Waals surface area contributed by atoms with Crippen LogP contribution < -0.4 is 10.1 Å². The van der Waals surface area contributed by atoms with Gasteiger partial charge in [-0.3, -0.25) is 4.68 Å². The van der Waals surface area contributed by atoms with Crippen molar-refractivity contribution in [3.8, 4) is 11.5 Å². The van der Waals surface area contributed by atoms with E-state index in [4.69, 9.17) is 4.74 Å². The Morgan fingerprint density at radius 3 is 2.61 bits per heavy atom. The first kappa shape index (κ1) is 18.5. The number of nitrogens with one attached hydrogen (secondary N) is 1. The summed E-state index contributed by atoms with van der Waals surface area (Å²) in [5.74, 6) is 0.622. The zero-order valence-electron chi connectivity index (χ0n) is 14.8. The van der Waals surface area contributed by atoms with E-state index in [0.29, 0.717) is 36.7 Å². The van der Waals surface area contributed by atoms with Crippen LogP contribution in [-0.4, -0.2) is 16.3 Å². The standard InChI is InChI=1S/C20H17F4N3O/c21-14-4-6-15(7-5-14)28-16-3-1-2-13(10-16)12-27-18-11-25-9-8-17(18)19(26-27)20(22,23)24/h1-7,10,25H,8-9,11-12H2. The minimum Gasteiger partial charge on any atom is -0.457 e. The van der Waals surface area contributed by atoms with Gasteiger partial charge in [0, 0.05) is 12.1 Å². The van der Waals surface area contributed by atoms with Crippen molar-refractivity contribution < 1.29 is 22.3 Å². The van der Waals surface area contributed by atoms with Crippen LogP contribution in [-0.2, 0) is 25.7 Å². The molecule has 146 valence electrons. The molecule has 0 bridgehead atoms. The van der Waals surface area contributed by atoms with E-state index in [1.165, 1.54) is 28.9 Å². The minimum atomic E-state index is -4.47. The summed E-state index contributed by atoms with van der Waals surface area (Å²) >= 11 is 0. The first-order chi connectivity index (χ1) is 13.4. The van der Waals surface area contributed by atoms with Crippen molar-refractivity contribution in [1.29, 1.82) is 0 Å². The Morgan fingerprint density at radius 2 is 1.86 bits per heavy atom. The summed E-state index contributed by atoms with van der Waals surface area (Å²) in [5.41, 5.74) is 0.778. The van der Waals surface area contributed by atoms with Gasteiger partial charge in [0.2, 0.25) is 0 Å². The van der Waals surface area contributed by atoms with Gasteiger partial charge in [0.1, 0.15) is 17.3 Å². The lowest BCUT2D eigenvalue weighted by Gasteiger charge is -2.16. The van der Waals surface area contributed by atoms with Crippen molar-refractivity contribution in [1.82, 2.24) is 15.1 Å². The molecule has 4 nitrogen and oxygen atoms in total. The zero-order chi connectivity index (χ0) is 19.7. The Hall–Kier alpha value is -2.87. The number of rotatable bonds is 4. The quantitative estimate of drug-likeness (QED) is 0.665. The van der Waals surface area contributed by atoms with Gasteiger partial charge in [-0.05, 0) is 54.9 Å². The molecule has 28 heavy (non-hydrogen) atoms. The van der Waals surface area contributed by atoms with E-state index in [-0.39, 0.29) is 17.9 Å². The maximum absolute atomic E-state index is 13.3. The third-order valence-electron chi connectivity index (χ3n) is 4.56. The van der Waals surface area contributed by atoms with Gasteiger partial charge in [0.05, 0.1) is 12.2 Å². The summed E-state index contributed by atoms with van der Waals surface area (Å²) in [5, 5.41) is 6.95. The van der Waals surface area contributed by atoms with Crippen LogP contribution in [0, 0.1) is 5.82 Å². The monoisotopic (exact) mass is 391 g/mol. The zero-order valence-corrected chi connectivity index (χ0v) is 14.8. The maximum Gasteiger partial charge on any atom is 0.435 e. The van der Waals surface area contributed by atoms with Gasteiger partial charge in [-0.15, -0.1) is 0 Å². The Balaban J connectivity index is 1.59. The molecule has 4 rings (SSSR count). The molecule has 1 aliphatic heterocycles. The third kappa shape index (κ3) is 3.87. The summed E-state index contributed by atoms with van der Waals surface area (Å²) in [6, 6.07) is 12.6. The van der Waals surface area contributed by atoms with E-state index in [2.05, 4.69) is 10.4 Å². The number of aromatic nitrogens is 2. The van der Waals surface area contributed by atoms with Crippen LogP contribution in [0.5, 0.6) is 11.5 Å². The Labute approximate surface area is 158 Å². The lowest BCUT2D eigenvalue weighted by Crippen LogP contribution is -2.26. The molecule has 8 heteroatoms. The molecule has 0 saturated carbocycles. The van der Waals surface area contributed by atoms with Crippen LogP contribution in [0.4, 0.5) is 17.6 Å². The van der Waals surface area contributed by atoms with Crippen molar-refractivity contribution >= 4 is 0 Å². The molecule has 0 unspecified atom stereocenters. The molecule has 0 spiro atoms. The van der Waals surface area contributed by atoms with E-state index in [0.717, 1.165) is 5.56 Å². The Bertz CT molecular complexity index is 980. The van der Waals surface area contributed by atoms with Gasteiger partial charge >= 0.3 is 6.18 Å². The lowest BCUT2D eigenvalue weighted by atomic mass is 10.1. The number of benzene rings is 2. The summed E-state index contributed by atoms with van der Waals surface area (Å²) in [6.45, 7) is 1.05. The molecule has 0 aliphatic carbocycles. The topological polar surface area (TPSA) is 39.1 Å². The molecule has 2 heterocycles. The highest BCUT2D eigenvalue weighted by atomic mass is 19.4. The van der Waals surface area contributed by atoms with Crippen molar-refractivity contribution in [2.75, 3.05) is 6.54 Å². The van der Waals surface area contributed by atoms with Crippen LogP contribution in [0.1, 0.15) is 22.5 Å². The second kappa shape index (κ2) is 7.27. The van der Waals surface area contributed by atoms with Gasteiger partial charge in [0.25, 0.3) is 0 Å². The highest BCUT2D eigenvalue weighted by molar-refractivity contribution is 5.35. The average Bonchev–Trinajstić information content (AvgIpc) is 3.03. The van der Waals surface area contributed by atoms with Gasteiger partial charge in [-0.1, -0.05) is 12.1 Å². The molecule has 1 aromatic heterocycles. The molecule has 1 aliphatic rings. The normalized spacial score (nSPS) is 14.0. The smallest absolute Gasteiger partial charge is 0.435 e. The first-order valence-electron chi connectivity index (χ1n) is 8.79. The van der Waals surface area contributed by atoms with Crippen molar-refractivity contribution in [3.05, 3.63) is 76.9 Å². The van der Waals surface area contributed by atoms with Gasteiger partial charge in [-0.2, -0.15) is 18.3 Å². The number of alkyl halides is 3. The summed E-state index contributed by atoms with van der Waals surface area (Å²) in [7, 11) is 0. The highest BCUT2D eigenvalue weighted by Gasteiger charge is 2.39. The van der Waals surface area contributed by atoms with Gasteiger partial charge in [-0.25, -0.2) is 4.39 Å². The fourth-order valence-electron chi connectivity index (χ4n) is 3.29. The van der Waals surface area contributed by atoms with E-state index in [1.54, 1.807) is 24.3 Å². The van der Waals surface area contributed by atoms with Crippen molar-refractivity contribution in [3.63, 3.8) is 0 Å². The van der Waals surface area contributed by atoms with E-state index >= 15 is 0 Å². The van der Waals surface area contributed by atoms with E-state index in [9.17, 15) is 17.6 Å². The summed E-state index contributed by atoms with van der Waals surface area (Å²) in [6.07, 6.45) is -4.17. The molecular formula is C20H17F4N3O. The fourth-order valence-corrected chi connectivity index (χ4v) is 3.29. The number of ether oxygens (including phenoxy) is 1. The second-order valence-corrected chi connectivity index (χ2v) is 6.56. The number of hydrogen-bond acceptors (Lipinski definition) is 3. The predicted octanol–water partition coefficient (Wildman–Crippen LogP) is 4.53. The first-order valence-corrected chi connectivity index (χ1v) is 8.79. The molecule has 0 atom stereocenters. The summed E-state index contributed by atoms with van der Waals surface area (Å²) < 4.78 is 60.1. The Kier molecular flexibility index (Phi) is 4.80. The summed E-state index contributed by atoms with van der Waals surface area (Å²) in [4.78, 5) is 0. The SMILES string of the molecule is Fc1ccc(Oc2cccc(Cn3nc(C(F)(F)F)c4c3CNCC4)c2)cc1. The number of fused-ring (bicyclic) bond motifs is 1. The molecule has 2 aromatic carbocycles. The van der Waals surface area contributed by atoms with Crippen LogP contribution in [0.3, 0.4) is 0 Å². The average molecular weight is 391 g/mol. The van der Waals surface area contributed by atoms with Crippen LogP contribution in [0.25, 0.3) is 0 Å². The molecular weight excluding hydrogens is 374 g/mol.